The van der Waals surface area contributed by atoms with Gasteiger partial charge in [0.05, 0.1) is 18.6 Å². The molecule has 0 radical (unpaired) electrons. The molecule has 1 heterocycles. The van der Waals surface area contributed by atoms with Crippen molar-refractivity contribution in [3.05, 3.63) is 24.3 Å². The smallest absolute Gasteiger partial charge is 0.325 e. The van der Waals surface area contributed by atoms with E-state index in [1.54, 1.807) is 31.0 Å². The van der Waals surface area contributed by atoms with Gasteiger partial charge in [-0.05, 0) is 50.3 Å². The standard InChI is InChI=1S/C18H27NO6S2/c1-18(2)16(17(20)24-4)19(10-5-13-26-18)27(21,22)15-8-6-14(7-9-15)25-12-11-23-3/h6-9,16H,5,10-13H2,1-4H3/t16-/m0/s1. The lowest BCUT2D eigenvalue weighted by atomic mass is 10.0. The SMILES string of the molecule is COCCOc1ccc(S(=O)(=O)N2CCCSC(C)(C)[C@@H]2C(=O)OC)cc1. The summed E-state index contributed by atoms with van der Waals surface area (Å²) in [5, 5.41) is 0. The first-order chi connectivity index (χ1) is 12.7. The van der Waals surface area contributed by atoms with Crippen LogP contribution in [0.1, 0.15) is 20.3 Å². The lowest BCUT2D eigenvalue weighted by Gasteiger charge is -2.36. The number of nitrogens with zero attached hydrogens (tertiary/aromatic N) is 1. The van der Waals surface area contributed by atoms with E-state index in [9.17, 15) is 13.2 Å². The maximum absolute atomic E-state index is 13.3. The minimum Gasteiger partial charge on any atom is -0.491 e. The lowest BCUT2D eigenvalue weighted by molar-refractivity contribution is -0.146. The van der Waals surface area contributed by atoms with Gasteiger partial charge in [0.1, 0.15) is 18.4 Å². The van der Waals surface area contributed by atoms with Crippen LogP contribution in [0.25, 0.3) is 0 Å². The molecule has 1 aromatic rings. The third-order valence-electron chi connectivity index (χ3n) is 4.35. The van der Waals surface area contributed by atoms with Crippen LogP contribution >= 0.6 is 11.8 Å². The zero-order valence-corrected chi connectivity index (χ0v) is 17.8. The number of methoxy groups -OCH3 is 2. The quantitative estimate of drug-likeness (QED) is 0.497. The van der Waals surface area contributed by atoms with Crippen molar-refractivity contribution in [3.8, 4) is 5.75 Å². The number of carbonyl (C=O) groups is 1. The van der Waals surface area contributed by atoms with Crippen molar-refractivity contribution in [2.24, 2.45) is 0 Å². The highest BCUT2D eigenvalue weighted by molar-refractivity contribution is 8.00. The van der Waals surface area contributed by atoms with Gasteiger partial charge in [-0.1, -0.05) is 0 Å². The molecule has 1 atom stereocenters. The number of thioether (sulfide) groups is 1. The number of rotatable bonds is 7. The van der Waals surface area contributed by atoms with Gasteiger partial charge in [-0.25, -0.2) is 8.42 Å². The summed E-state index contributed by atoms with van der Waals surface area (Å²) in [7, 11) is -1.000. The molecular weight excluding hydrogens is 390 g/mol. The molecule has 0 bridgehead atoms. The van der Waals surface area contributed by atoms with Crippen LogP contribution in [0.3, 0.4) is 0 Å². The van der Waals surface area contributed by atoms with Gasteiger partial charge >= 0.3 is 5.97 Å². The maximum Gasteiger partial charge on any atom is 0.325 e. The predicted molar refractivity (Wildman–Crippen MR) is 105 cm³/mol. The summed E-state index contributed by atoms with van der Waals surface area (Å²) in [6.07, 6.45) is 0.666. The highest BCUT2D eigenvalue weighted by Gasteiger charge is 2.47. The van der Waals surface area contributed by atoms with Crippen molar-refractivity contribution >= 4 is 27.8 Å². The van der Waals surface area contributed by atoms with Crippen molar-refractivity contribution < 1.29 is 27.4 Å². The molecule has 1 fully saturated rings. The van der Waals surface area contributed by atoms with E-state index < -0.39 is 26.8 Å². The van der Waals surface area contributed by atoms with Crippen LogP contribution < -0.4 is 4.74 Å². The fourth-order valence-electron chi connectivity index (χ4n) is 2.97. The molecule has 9 heteroatoms. The molecule has 2 rings (SSSR count). The Morgan fingerprint density at radius 1 is 1.22 bits per heavy atom. The Morgan fingerprint density at radius 2 is 1.89 bits per heavy atom. The van der Waals surface area contributed by atoms with Gasteiger partial charge in [0.25, 0.3) is 0 Å². The normalized spacial score (nSPS) is 20.7. The van der Waals surface area contributed by atoms with Gasteiger partial charge in [-0.15, -0.1) is 0 Å². The highest BCUT2D eigenvalue weighted by atomic mass is 32.2. The Kier molecular flexibility index (Phi) is 7.55. The molecular formula is C18H27NO6S2. The molecule has 1 aliphatic rings. The number of ether oxygens (including phenoxy) is 3. The summed E-state index contributed by atoms with van der Waals surface area (Å²) < 4.78 is 42.6. The largest absolute Gasteiger partial charge is 0.491 e. The number of sulfonamides is 1. The maximum atomic E-state index is 13.3. The first-order valence-corrected chi connectivity index (χ1v) is 11.1. The van der Waals surface area contributed by atoms with E-state index in [2.05, 4.69) is 0 Å². The summed E-state index contributed by atoms with van der Waals surface area (Å²) in [6.45, 7) is 4.84. The predicted octanol–water partition coefficient (Wildman–Crippen LogP) is 2.16. The molecule has 0 saturated carbocycles. The molecule has 0 N–H and O–H groups in total. The van der Waals surface area contributed by atoms with Gasteiger partial charge in [0.2, 0.25) is 10.0 Å². The summed E-state index contributed by atoms with van der Waals surface area (Å²) in [4.78, 5) is 12.6. The molecule has 0 aromatic heterocycles. The number of carbonyl (C=O) groups excluding carboxylic acids is 1. The fourth-order valence-corrected chi connectivity index (χ4v) is 5.96. The molecule has 1 saturated heterocycles. The first-order valence-electron chi connectivity index (χ1n) is 8.69. The van der Waals surface area contributed by atoms with E-state index >= 15 is 0 Å². The van der Waals surface area contributed by atoms with Gasteiger partial charge < -0.3 is 14.2 Å². The molecule has 0 unspecified atom stereocenters. The molecule has 0 amide bonds. The van der Waals surface area contributed by atoms with Gasteiger partial charge in [0.15, 0.2) is 0 Å². The Hall–Kier alpha value is -1.29. The van der Waals surface area contributed by atoms with Crippen molar-refractivity contribution in [1.29, 1.82) is 0 Å². The average Bonchev–Trinajstić information content (AvgIpc) is 2.80. The monoisotopic (exact) mass is 417 g/mol. The molecule has 1 aliphatic heterocycles. The third kappa shape index (κ3) is 5.16. The number of hydrogen-bond donors (Lipinski definition) is 0. The van der Waals surface area contributed by atoms with Gasteiger partial charge in [-0.3, -0.25) is 4.79 Å². The van der Waals surface area contributed by atoms with Crippen LogP contribution in [-0.2, 0) is 24.3 Å². The minimum atomic E-state index is -3.86. The number of hydrogen-bond acceptors (Lipinski definition) is 7. The van der Waals surface area contributed by atoms with E-state index in [1.165, 1.54) is 23.5 Å². The van der Waals surface area contributed by atoms with Crippen molar-refractivity contribution in [2.45, 2.75) is 36.0 Å². The molecule has 27 heavy (non-hydrogen) atoms. The fraction of sp³-hybridized carbons (Fsp3) is 0.611. The van der Waals surface area contributed by atoms with Gasteiger partial charge in [-0.2, -0.15) is 16.1 Å². The van der Waals surface area contributed by atoms with E-state index in [1.807, 2.05) is 13.8 Å². The average molecular weight is 418 g/mol. The Balaban J connectivity index is 2.32. The Morgan fingerprint density at radius 3 is 2.48 bits per heavy atom. The van der Waals surface area contributed by atoms with E-state index in [0.29, 0.717) is 25.4 Å². The van der Waals surface area contributed by atoms with Crippen molar-refractivity contribution in [1.82, 2.24) is 4.31 Å². The Labute approximate surface area is 165 Å². The molecule has 0 aliphatic carbocycles. The number of benzene rings is 1. The summed E-state index contributed by atoms with van der Waals surface area (Å²) >= 11 is 1.58. The van der Waals surface area contributed by atoms with E-state index in [4.69, 9.17) is 14.2 Å². The van der Waals surface area contributed by atoms with E-state index in [-0.39, 0.29) is 11.4 Å². The van der Waals surface area contributed by atoms with Crippen LogP contribution in [0.4, 0.5) is 0 Å². The third-order valence-corrected chi connectivity index (χ3v) is 7.69. The lowest BCUT2D eigenvalue weighted by Crippen LogP contribution is -2.54. The van der Waals surface area contributed by atoms with Crippen LogP contribution in [0.15, 0.2) is 29.2 Å². The van der Waals surface area contributed by atoms with Crippen LogP contribution in [0.2, 0.25) is 0 Å². The summed E-state index contributed by atoms with van der Waals surface area (Å²) in [5.74, 6) is 0.790. The second kappa shape index (κ2) is 9.27. The summed E-state index contributed by atoms with van der Waals surface area (Å²) in [5.41, 5.74) is 0. The van der Waals surface area contributed by atoms with Gasteiger partial charge in [0, 0.05) is 18.4 Å². The van der Waals surface area contributed by atoms with Crippen LogP contribution in [-0.4, -0.2) is 69.2 Å². The topological polar surface area (TPSA) is 82.1 Å². The molecule has 0 spiro atoms. The van der Waals surface area contributed by atoms with Crippen molar-refractivity contribution in [2.75, 3.05) is 39.7 Å². The molecule has 1 aromatic carbocycles. The highest BCUT2D eigenvalue weighted by Crippen LogP contribution is 2.38. The van der Waals surface area contributed by atoms with E-state index in [0.717, 1.165) is 5.75 Å². The second-order valence-corrected chi connectivity index (χ2v) is 10.3. The molecule has 152 valence electrons. The van der Waals surface area contributed by atoms with Crippen LogP contribution in [0, 0.1) is 0 Å². The minimum absolute atomic E-state index is 0.123. The van der Waals surface area contributed by atoms with Crippen LogP contribution in [0.5, 0.6) is 5.75 Å². The van der Waals surface area contributed by atoms with Crippen molar-refractivity contribution in [3.63, 3.8) is 0 Å². The second-order valence-electron chi connectivity index (χ2n) is 6.66. The number of esters is 1. The Bertz CT molecular complexity index is 733. The summed E-state index contributed by atoms with van der Waals surface area (Å²) in [6, 6.07) is 5.31. The zero-order chi connectivity index (χ0) is 20.1. The first kappa shape index (κ1) is 22.0. The zero-order valence-electron chi connectivity index (χ0n) is 16.1. The molecule has 7 nitrogen and oxygen atoms in total.